The molecule has 0 spiro atoms. The highest BCUT2D eigenvalue weighted by atomic mass is 32.2. The van der Waals surface area contributed by atoms with Crippen molar-refractivity contribution in [2.24, 2.45) is 17.6 Å². The van der Waals surface area contributed by atoms with Gasteiger partial charge in [0.05, 0.1) is 9.82 Å². The Bertz CT molecular complexity index is 825. The molecule has 27 heavy (non-hydrogen) atoms. The van der Waals surface area contributed by atoms with E-state index in [0.29, 0.717) is 13.1 Å². The van der Waals surface area contributed by atoms with E-state index in [1.165, 1.54) is 16.4 Å². The van der Waals surface area contributed by atoms with Crippen molar-refractivity contribution < 1.29 is 18.1 Å². The van der Waals surface area contributed by atoms with Crippen molar-refractivity contribution in [2.75, 3.05) is 18.4 Å². The third-order valence-electron chi connectivity index (χ3n) is 4.71. The molecule has 1 aromatic carbocycles. The highest BCUT2D eigenvalue weighted by Gasteiger charge is 2.31. The van der Waals surface area contributed by atoms with Gasteiger partial charge in [-0.1, -0.05) is 20.8 Å². The topological polar surface area (TPSA) is 136 Å². The molecule has 0 aromatic heterocycles. The minimum Gasteiger partial charge on any atom is -0.368 e. The molecular weight excluding hydrogens is 372 g/mol. The lowest BCUT2D eigenvalue weighted by molar-refractivity contribution is -0.384. The van der Waals surface area contributed by atoms with Crippen LogP contribution in [0.1, 0.15) is 33.6 Å². The fourth-order valence-electron chi connectivity index (χ4n) is 3.19. The van der Waals surface area contributed by atoms with Crippen LogP contribution in [-0.2, 0) is 14.8 Å². The van der Waals surface area contributed by atoms with Gasteiger partial charge in [0.15, 0.2) is 0 Å². The molecule has 1 amide bonds. The van der Waals surface area contributed by atoms with Crippen molar-refractivity contribution in [3.8, 4) is 0 Å². The van der Waals surface area contributed by atoms with Crippen LogP contribution in [0.15, 0.2) is 23.1 Å². The number of sulfonamides is 1. The average molecular weight is 398 g/mol. The number of carbonyl (C=O) groups is 1. The summed E-state index contributed by atoms with van der Waals surface area (Å²) in [5.41, 5.74) is 5.00. The van der Waals surface area contributed by atoms with E-state index in [9.17, 15) is 23.3 Å². The van der Waals surface area contributed by atoms with E-state index in [1.807, 2.05) is 6.92 Å². The number of nitrogens with two attached hydrogens (primary N) is 1. The minimum atomic E-state index is -3.82. The predicted molar refractivity (Wildman–Crippen MR) is 102 cm³/mol. The van der Waals surface area contributed by atoms with Crippen LogP contribution in [0.25, 0.3) is 0 Å². The number of rotatable bonds is 7. The Morgan fingerprint density at radius 2 is 2.07 bits per heavy atom. The Balaban J connectivity index is 2.40. The summed E-state index contributed by atoms with van der Waals surface area (Å²) < 4.78 is 27.1. The lowest BCUT2D eigenvalue weighted by Gasteiger charge is -2.30. The number of nitro groups is 1. The fraction of sp³-hybridized carbons (Fsp3) is 0.588. The zero-order valence-electron chi connectivity index (χ0n) is 15.7. The van der Waals surface area contributed by atoms with Crippen LogP contribution in [0, 0.1) is 22.0 Å². The molecule has 1 aliphatic heterocycles. The third-order valence-corrected chi connectivity index (χ3v) is 6.57. The number of nitrogens with one attached hydrogen (secondary N) is 1. The second-order valence-corrected chi connectivity index (χ2v) is 9.25. The van der Waals surface area contributed by atoms with Gasteiger partial charge in [0.25, 0.3) is 5.69 Å². The molecule has 0 bridgehead atoms. The molecule has 10 heteroatoms. The molecule has 1 aliphatic rings. The van der Waals surface area contributed by atoms with Crippen molar-refractivity contribution in [1.29, 1.82) is 0 Å². The number of piperidine rings is 1. The van der Waals surface area contributed by atoms with Gasteiger partial charge in [-0.2, -0.15) is 4.31 Å². The molecule has 1 saturated heterocycles. The number of anilines is 1. The number of nitro benzene ring substituents is 1. The maximum Gasteiger partial charge on any atom is 0.293 e. The third kappa shape index (κ3) is 4.75. The van der Waals surface area contributed by atoms with Gasteiger partial charge in [0.1, 0.15) is 11.7 Å². The van der Waals surface area contributed by atoms with E-state index in [-0.39, 0.29) is 22.4 Å². The molecule has 0 radical (unpaired) electrons. The highest BCUT2D eigenvalue weighted by Crippen LogP contribution is 2.31. The van der Waals surface area contributed by atoms with Gasteiger partial charge in [-0.3, -0.25) is 14.9 Å². The van der Waals surface area contributed by atoms with Gasteiger partial charge in [-0.25, -0.2) is 8.42 Å². The van der Waals surface area contributed by atoms with Crippen molar-refractivity contribution >= 4 is 27.3 Å². The largest absolute Gasteiger partial charge is 0.368 e. The zero-order chi connectivity index (χ0) is 20.4. The van der Waals surface area contributed by atoms with Crippen LogP contribution in [-0.4, -0.2) is 42.7 Å². The molecule has 1 heterocycles. The molecule has 0 unspecified atom stereocenters. The Morgan fingerprint density at radius 1 is 1.41 bits per heavy atom. The summed E-state index contributed by atoms with van der Waals surface area (Å²) in [6, 6.07) is 2.86. The van der Waals surface area contributed by atoms with Crippen LogP contribution in [0.2, 0.25) is 0 Å². The van der Waals surface area contributed by atoms with Crippen LogP contribution < -0.4 is 11.1 Å². The quantitative estimate of drug-likeness (QED) is 0.532. The smallest absolute Gasteiger partial charge is 0.293 e. The molecule has 2 atom stereocenters. The normalized spacial score (nSPS) is 19.6. The summed E-state index contributed by atoms with van der Waals surface area (Å²) >= 11 is 0. The fourth-order valence-corrected chi connectivity index (χ4v) is 4.81. The second-order valence-electron chi connectivity index (χ2n) is 7.31. The first-order chi connectivity index (χ1) is 12.5. The van der Waals surface area contributed by atoms with Crippen LogP contribution in [0.4, 0.5) is 11.4 Å². The molecule has 150 valence electrons. The summed E-state index contributed by atoms with van der Waals surface area (Å²) in [4.78, 5) is 22.3. The Morgan fingerprint density at radius 3 is 2.59 bits per heavy atom. The lowest BCUT2D eigenvalue weighted by Crippen LogP contribution is -2.40. The first-order valence-electron chi connectivity index (χ1n) is 8.88. The molecule has 9 nitrogen and oxygen atoms in total. The maximum atomic E-state index is 12.9. The van der Waals surface area contributed by atoms with Crippen LogP contribution in [0.3, 0.4) is 0 Å². The van der Waals surface area contributed by atoms with E-state index in [0.717, 1.165) is 18.9 Å². The van der Waals surface area contributed by atoms with E-state index >= 15 is 0 Å². The van der Waals surface area contributed by atoms with Crippen LogP contribution >= 0.6 is 0 Å². The molecule has 0 aliphatic carbocycles. The number of hydrogen-bond donors (Lipinski definition) is 2. The van der Waals surface area contributed by atoms with E-state index in [1.54, 1.807) is 13.8 Å². The van der Waals surface area contributed by atoms with E-state index in [4.69, 9.17) is 5.73 Å². The summed E-state index contributed by atoms with van der Waals surface area (Å²) in [5.74, 6) is -0.592. The number of amides is 1. The second kappa shape index (κ2) is 8.22. The summed E-state index contributed by atoms with van der Waals surface area (Å²) in [7, 11) is -3.82. The molecular formula is C17H26N4O5S. The predicted octanol–water partition coefficient (Wildman–Crippen LogP) is 1.94. The SMILES string of the molecule is CC(C)[C@H](Nc1ccc(S(=O)(=O)N2CCC[C@H](C)C2)cc1[N+](=O)[O-])C(N)=O. The summed E-state index contributed by atoms with van der Waals surface area (Å²) in [5, 5.41) is 14.3. The molecule has 3 N–H and O–H groups in total. The molecule has 1 fully saturated rings. The van der Waals surface area contributed by atoms with Crippen LogP contribution in [0.5, 0.6) is 0 Å². The number of nitrogens with zero attached hydrogens (tertiary/aromatic N) is 2. The molecule has 2 rings (SSSR count). The van der Waals surface area contributed by atoms with Gasteiger partial charge >= 0.3 is 0 Å². The van der Waals surface area contributed by atoms with Gasteiger partial charge in [0, 0.05) is 19.2 Å². The zero-order valence-corrected chi connectivity index (χ0v) is 16.5. The highest BCUT2D eigenvalue weighted by molar-refractivity contribution is 7.89. The summed E-state index contributed by atoms with van der Waals surface area (Å²) in [6.45, 7) is 6.28. The van der Waals surface area contributed by atoms with E-state index in [2.05, 4.69) is 5.32 Å². The molecule has 1 aromatic rings. The Kier molecular flexibility index (Phi) is 6.42. The number of carbonyl (C=O) groups excluding carboxylic acids is 1. The first-order valence-corrected chi connectivity index (χ1v) is 10.3. The average Bonchev–Trinajstić information content (AvgIpc) is 2.58. The van der Waals surface area contributed by atoms with E-state index < -0.39 is 32.6 Å². The standard InChI is InChI=1S/C17H26N4O5S/c1-11(2)16(17(18)22)19-14-7-6-13(9-15(14)21(23)24)27(25,26)20-8-4-5-12(3)10-20/h6-7,9,11-12,16,19H,4-5,8,10H2,1-3H3,(H2,18,22)/t12-,16-/m0/s1. The number of hydrogen-bond acceptors (Lipinski definition) is 6. The number of primary amides is 1. The van der Waals surface area contributed by atoms with Gasteiger partial charge in [-0.05, 0) is 36.8 Å². The summed E-state index contributed by atoms with van der Waals surface area (Å²) in [6.07, 6.45) is 1.72. The minimum absolute atomic E-state index is 0.0588. The Hall–Kier alpha value is -2.20. The maximum absolute atomic E-state index is 12.9. The number of benzene rings is 1. The van der Waals surface area contributed by atoms with Crippen molar-refractivity contribution in [1.82, 2.24) is 4.31 Å². The van der Waals surface area contributed by atoms with Crippen molar-refractivity contribution in [3.63, 3.8) is 0 Å². The van der Waals surface area contributed by atoms with Gasteiger partial charge < -0.3 is 11.1 Å². The van der Waals surface area contributed by atoms with Gasteiger partial charge in [0.2, 0.25) is 15.9 Å². The first kappa shape index (κ1) is 21.1. The Labute approximate surface area is 159 Å². The van der Waals surface area contributed by atoms with Crippen molar-refractivity contribution in [3.05, 3.63) is 28.3 Å². The van der Waals surface area contributed by atoms with Gasteiger partial charge in [-0.15, -0.1) is 0 Å². The molecule has 0 saturated carbocycles. The monoisotopic (exact) mass is 398 g/mol. The lowest BCUT2D eigenvalue weighted by atomic mass is 10.0. The van der Waals surface area contributed by atoms with Crippen molar-refractivity contribution in [2.45, 2.75) is 44.6 Å².